The third kappa shape index (κ3) is 2.96. The van der Waals surface area contributed by atoms with Crippen molar-refractivity contribution >= 4 is 21.7 Å². The van der Waals surface area contributed by atoms with E-state index in [1.165, 1.54) is 0 Å². The Kier molecular flexibility index (Phi) is 3.65. The molecule has 0 saturated carbocycles. The molecule has 1 aromatic rings. The number of aromatic nitrogens is 1. The molecule has 1 aliphatic rings. The van der Waals surface area contributed by atoms with Crippen molar-refractivity contribution in [2.24, 2.45) is 5.73 Å². The van der Waals surface area contributed by atoms with Gasteiger partial charge < -0.3 is 10.6 Å². The summed E-state index contributed by atoms with van der Waals surface area (Å²) in [4.78, 5) is 6.59. The number of nitrogens with zero attached hydrogens (tertiary/aromatic N) is 3. The number of rotatable bonds is 2. The highest BCUT2D eigenvalue weighted by atomic mass is 79.9. The molecule has 4 nitrogen and oxygen atoms in total. The molecule has 0 radical (unpaired) electrons. The first kappa shape index (κ1) is 12.3. The van der Waals surface area contributed by atoms with Gasteiger partial charge in [-0.2, -0.15) is 5.26 Å². The Bertz CT molecular complexity index is 415. The maximum absolute atomic E-state index is 8.74. The molecular formula is C12H15BrN4. The summed E-state index contributed by atoms with van der Waals surface area (Å²) in [7, 11) is 0. The first-order valence-electron chi connectivity index (χ1n) is 5.65. The van der Waals surface area contributed by atoms with E-state index < -0.39 is 0 Å². The maximum Gasteiger partial charge on any atom is 0.128 e. The molecule has 0 atom stereocenters. The van der Waals surface area contributed by atoms with Crippen LogP contribution in [0.1, 0.15) is 19.3 Å². The molecule has 2 heterocycles. The van der Waals surface area contributed by atoms with Gasteiger partial charge in [-0.1, -0.05) is 0 Å². The topological polar surface area (TPSA) is 65.9 Å². The van der Waals surface area contributed by atoms with Crippen LogP contribution in [0.2, 0.25) is 0 Å². The van der Waals surface area contributed by atoms with Gasteiger partial charge in [-0.05, 0) is 40.9 Å². The molecule has 1 aliphatic heterocycles. The summed E-state index contributed by atoms with van der Waals surface area (Å²) in [5.74, 6) is 0.979. The molecule has 1 aromatic heterocycles. The number of anilines is 1. The minimum atomic E-state index is -0.305. The lowest BCUT2D eigenvalue weighted by molar-refractivity contribution is 0.338. The van der Waals surface area contributed by atoms with Gasteiger partial charge in [0.05, 0.1) is 12.5 Å². The van der Waals surface area contributed by atoms with E-state index in [9.17, 15) is 0 Å². The van der Waals surface area contributed by atoms with E-state index in [4.69, 9.17) is 11.0 Å². The molecule has 1 saturated heterocycles. The number of halogens is 1. The predicted molar refractivity (Wildman–Crippen MR) is 70.5 cm³/mol. The monoisotopic (exact) mass is 294 g/mol. The minimum absolute atomic E-state index is 0.305. The normalized spacial score (nSPS) is 18.8. The van der Waals surface area contributed by atoms with E-state index in [0.29, 0.717) is 6.42 Å². The van der Waals surface area contributed by atoms with E-state index >= 15 is 0 Å². The largest absolute Gasteiger partial charge is 0.356 e. The van der Waals surface area contributed by atoms with Crippen LogP contribution in [0.5, 0.6) is 0 Å². The minimum Gasteiger partial charge on any atom is -0.356 e. The highest BCUT2D eigenvalue weighted by molar-refractivity contribution is 9.10. The summed E-state index contributed by atoms with van der Waals surface area (Å²) in [5.41, 5.74) is 5.85. The second kappa shape index (κ2) is 5.03. The summed E-state index contributed by atoms with van der Waals surface area (Å²) in [5, 5.41) is 8.74. The first-order valence-corrected chi connectivity index (χ1v) is 6.45. The lowest BCUT2D eigenvalue weighted by Crippen LogP contribution is -2.50. The van der Waals surface area contributed by atoms with Crippen LogP contribution in [0.4, 0.5) is 5.82 Å². The smallest absolute Gasteiger partial charge is 0.128 e. The van der Waals surface area contributed by atoms with Crippen LogP contribution in [-0.4, -0.2) is 23.6 Å². The number of nitriles is 1. The van der Waals surface area contributed by atoms with Crippen LogP contribution >= 0.6 is 15.9 Å². The van der Waals surface area contributed by atoms with Crippen LogP contribution in [0.15, 0.2) is 22.8 Å². The van der Waals surface area contributed by atoms with E-state index in [1.807, 2.05) is 12.1 Å². The van der Waals surface area contributed by atoms with Crippen molar-refractivity contribution in [2.75, 3.05) is 18.0 Å². The molecule has 0 spiro atoms. The summed E-state index contributed by atoms with van der Waals surface area (Å²) in [6.45, 7) is 1.74. The van der Waals surface area contributed by atoms with Crippen molar-refractivity contribution in [2.45, 2.75) is 24.8 Å². The summed E-state index contributed by atoms with van der Waals surface area (Å²) in [6.07, 6.45) is 3.93. The van der Waals surface area contributed by atoms with E-state index in [-0.39, 0.29) is 5.54 Å². The Balaban J connectivity index is 2.00. The summed E-state index contributed by atoms with van der Waals surface area (Å²) >= 11 is 3.37. The lowest BCUT2D eigenvalue weighted by Gasteiger charge is -2.38. The number of piperidine rings is 1. The maximum atomic E-state index is 8.74. The van der Waals surface area contributed by atoms with Gasteiger partial charge in [-0.3, -0.25) is 0 Å². The molecule has 0 aromatic carbocycles. The Hall–Kier alpha value is -1.12. The summed E-state index contributed by atoms with van der Waals surface area (Å²) in [6, 6.07) is 6.16. The number of hydrogen-bond donors (Lipinski definition) is 1. The summed E-state index contributed by atoms with van der Waals surface area (Å²) < 4.78 is 0.982. The third-order valence-corrected chi connectivity index (χ3v) is 3.70. The second-order valence-electron chi connectivity index (χ2n) is 4.52. The SMILES string of the molecule is N#CCC1(N)CCN(c2ccc(Br)cn2)CC1. The fourth-order valence-corrected chi connectivity index (χ4v) is 2.30. The molecule has 0 amide bonds. The highest BCUT2D eigenvalue weighted by Crippen LogP contribution is 2.26. The average molecular weight is 295 g/mol. The zero-order chi connectivity index (χ0) is 12.3. The van der Waals surface area contributed by atoms with Gasteiger partial charge in [0, 0.05) is 29.3 Å². The predicted octanol–water partition coefficient (Wildman–Crippen LogP) is 2.06. The Morgan fingerprint density at radius 1 is 1.47 bits per heavy atom. The van der Waals surface area contributed by atoms with E-state index in [0.717, 1.165) is 36.2 Å². The second-order valence-corrected chi connectivity index (χ2v) is 5.43. The van der Waals surface area contributed by atoms with Crippen molar-refractivity contribution < 1.29 is 0 Å². The van der Waals surface area contributed by atoms with Crippen molar-refractivity contribution in [3.63, 3.8) is 0 Å². The molecule has 2 rings (SSSR count). The zero-order valence-electron chi connectivity index (χ0n) is 9.56. The van der Waals surface area contributed by atoms with Gasteiger partial charge in [-0.15, -0.1) is 0 Å². The van der Waals surface area contributed by atoms with Gasteiger partial charge >= 0.3 is 0 Å². The molecular weight excluding hydrogens is 280 g/mol. The molecule has 1 fully saturated rings. The van der Waals surface area contributed by atoms with Crippen molar-refractivity contribution in [3.8, 4) is 6.07 Å². The number of hydrogen-bond acceptors (Lipinski definition) is 4. The molecule has 0 unspecified atom stereocenters. The van der Waals surface area contributed by atoms with Gasteiger partial charge in [0.1, 0.15) is 5.82 Å². The van der Waals surface area contributed by atoms with Crippen LogP contribution in [0, 0.1) is 11.3 Å². The molecule has 5 heteroatoms. The van der Waals surface area contributed by atoms with Crippen LogP contribution in [0.3, 0.4) is 0 Å². The van der Waals surface area contributed by atoms with Crippen LogP contribution in [0.25, 0.3) is 0 Å². The number of nitrogens with two attached hydrogens (primary N) is 1. The molecule has 90 valence electrons. The Morgan fingerprint density at radius 2 is 2.18 bits per heavy atom. The standard InChI is InChI=1S/C12H15BrN4/c13-10-1-2-11(16-9-10)17-7-4-12(15,3-6-14)5-8-17/h1-2,9H,3-5,7-8,15H2. The highest BCUT2D eigenvalue weighted by Gasteiger charge is 2.30. The molecule has 17 heavy (non-hydrogen) atoms. The number of pyridine rings is 1. The molecule has 0 aliphatic carbocycles. The quantitative estimate of drug-likeness (QED) is 0.907. The van der Waals surface area contributed by atoms with Crippen molar-refractivity contribution in [3.05, 3.63) is 22.8 Å². The Morgan fingerprint density at radius 3 is 2.71 bits per heavy atom. The van der Waals surface area contributed by atoms with Gasteiger partial charge in [-0.25, -0.2) is 4.98 Å². The average Bonchev–Trinajstić information content (AvgIpc) is 2.31. The lowest BCUT2D eigenvalue weighted by atomic mass is 9.86. The van der Waals surface area contributed by atoms with Crippen LogP contribution in [-0.2, 0) is 0 Å². The van der Waals surface area contributed by atoms with Crippen molar-refractivity contribution in [1.29, 1.82) is 5.26 Å². The molecule has 2 N–H and O–H groups in total. The van der Waals surface area contributed by atoms with Crippen molar-refractivity contribution in [1.82, 2.24) is 4.98 Å². The Labute approximate surface area is 110 Å². The van der Waals surface area contributed by atoms with E-state index in [1.54, 1.807) is 6.20 Å². The van der Waals surface area contributed by atoms with Gasteiger partial charge in [0.15, 0.2) is 0 Å². The zero-order valence-corrected chi connectivity index (χ0v) is 11.2. The van der Waals surface area contributed by atoms with E-state index in [2.05, 4.69) is 31.9 Å². The van der Waals surface area contributed by atoms with Gasteiger partial charge in [0.25, 0.3) is 0 Å². The fraction of sp³-hybridized carbons (Fsp3) is 0.500. The third-order valence-electron chi connectivity index (χ3n) is 3.23. The van der Waals surface area contributed by atoms with Gasteiger partial charge in [0.2, 0.25) is 0 Å². The first-order chi connectivity index (χ1) is 8.13. The molecule has 0 bridgehead atoms. The van der Waals surface area contributed by atoms with Crippen LogP contribution < -0.4 is 10.6 Å². The fourth-order valence-electron chi connectivity index (χ4n) is 2.07.